The first-order valence-corrected chi connectivity index (χ1v) is 8.16. The Hall–Kier alpha value is -2.87. The highest BCUT2D eigenvalue weighted by Gasteiger charge is 2.28. The topological polar surface area (TPSA) is 114 Å². The summed E-state index contributed by atoms with van der Waals surface area (Å²) in [4.78, 5) is 25.2. The van der Waals surface area contributed by atoms with Gasteiger partial charge in [0.15, 0.2) is 0 Å². The van der Waals surface area contributed by atoms with Crippen molar-refractivity contribution in [1.29, 1.82) is 0 Å². The van der Waals surface area contributed by atoms with Crippen LogP contribution in [-0.4, -0.2) is 27.8 Å². The number of nitrogens with one attached hydrogen (secondary N) is 1. The number of imide groups is 1. The Morgan fingerprint density at radius 1 is 1.33 bits per heavy atom. The van der Waals surface area contributed by atoms with E-state index in [1.807, 2.05) is 12.1 Å². The molecule has 0 unspecified atom stereocenters. The maximum atomic E-state index is 12.3. The highest BCUT2D eigenvalue weighted by molar-refractivity contribution is 7.11. The lowest BCUT2D eigenvalue weighted by molar-refractivity contribution is -0.125. The summed E-state index contributed by atoms with van der Waals surface area (Å²) in [5.41, 5.74) is 14.5. The molecule has 5 N–H and O–H groups in total. The average molecular weight is 343 g/mol. The van der Waals surface area contributed by atoms with Crippen molar-refractivity contribution in [3.8, 4) is 11.3 Å². The van der Waals surface area contributed by atoms with Crippen molar-refractivity contribution in [3.63, 3.8) is 0 Å². The zero-order chi connectivity index (χ0) is 17.3. The highest BCUT2D eigenvalue weighted by atomic mass is 32.1. The van der Waals surface area contributed by atoms with Gasteiger partial charge in [-0.2, -0.15) is 4.37 Å². The fraction of sp³-hybridized carbons (Fsp3) is 0.188. The molecule has 1 aliphatic rings. The standard InChI is InChI=1S/C16H17N5O2S/c1-9(17)13-14(10-4-6-11(18)7-5-10)20-24-15(13)19-16(23)21-8-2-3-12(21)22/h4-7H,1-3,8,17-18H2,(H,19,23). The van der Waals surface area contributed by atoms with E-state index in [4.69, 9.17) is 11.5 Å². The number of nitrogens with two attached hydrogens (primary N) is 2. The Morgan fingerprint density at radius 3 is 2.62 bits per heavy atom. The van der Waals surface area contributed by atoms with E-state index in [2.05, 4.69) is 16.3 Å². The summed E-state index contributed by atoms with van der Waals surface area (Å²) in [5, 5.41) is 3.19. The van der Waals surface area contributed by atoms with Crippen molar-refractivity contribution in [1.82, 2.24) is 9.27 Å². The molecular formula is C16H17N5O2S. The van der Waals surface area contributed by atoms with Gasteiger partial charge in [0.25, 0.3) is 0 Å². The van der Waals surface area contributed by atoms with Gasteiger partial charge in [0.2, 0.25) is 5.91 Å². The number of amides is 3. The van der Waals surface area contributed by atoms with Gasteiger partial charge in [-0.15, -0.1) is 0 Å². The van der Waals surface area contributed by atoms with Crippen LogP contribution in [0.4, 0.5) is 15.5 Å². The number of carbonyl (C=O) groups excluding carboxylic acids is 2. The molecular weight excluding hydrogens is 326 g/mol. The lowest BCUT2D eigenvalue weighted by atomic mass is 10.1. The van der Waals surface area contributed by atoms with Crippen LogP contribution in [0.1, 0.15) is 18.4 Å². The summed E-state index contributed by atoms with van der Waals surface area (Å²) >= 11 is 1.10. The maximum Gasteiger partial charge on any atom is 0.329 e. The summed E-state index contributed by atoms with van der Waals surface area (Å²) < 4.78 is 4.38. The second-order valence-electron chi connectivity index (χ2n) is 5.46. The fourth-order valence-electron chi connectivity index (χ4n) is 2.54. The molecule has 7 nitrogen and oxygen atoms in total. The lowest BCUT2D eigenvalue weighted by Crippen LogP contribution is -2.35. The number of rotatable bonds is 3. The van der Waals surface area contributed by atoms with Gasteiger partial charge in [-0.05, 0) is 30.1 Å². The van der Waals surface area contributed by atoms with Gasteiger partial charge >= 0.3 is 6.03 Å². The van der Waals surface area contributed by atoms with Crippen molar-refractivity contribution in [2.75, 3.05) is 17.6 Å². The van der Waals surface area contributed by atoms with Gasteiger partial charge in [-0.25, -0.2) is 4.79 Å². The molecule has 124 valence electrons. The number of hydrogen-bond donors (Lipinski definition) is 3. The Morgan fingerprint density at radius 2 is 2.04 bits per heavy atom. The number of nitrogens with zero attached hydrogens (tertiary/aromatic N) is 2. The molecule has 1 aromatic heterocycles. The van der Waals surface area contributed by atoms with Crippen molar-refractivity contribution in [3.05, 3.63) is 36.4 Å². The molecule has 3 rings (SSSR count). The smallest absolute Gasteiger partial charge is 0.329 e. The van der Waals surface area contributed by atoms with Crippen LogP contribution in [-0.2, 0) is 4.79 Å². The summed E-state index contributed by atoms with van der Waals surface area (Å²) in [6.45, 7) is 4.19. The first kappa shape index (κ1) is 16.0. The van der Waals surface area contributed by atoms with Gasteiger partial charge in [-0.3, -0.25) is 15.0 Å². The monoisotopic (exact) mass is 343 g/mol. The van der Waals surface area contributed by atoms with Gasteiger partial charge in [0.1, 0.15) is 5.00 Å². The van der Waals surface area contributed by atoms with E-state index in [-0.39, 0.29) is 5.91 Å². The minimum Gasteiger partial charge on any atom is -0.399 e. The number of carbonyl (C=O) groups is 2. The number of benzene rings is 1. The summed E-state index contributed by atoms with van der Waals surface area (Å²) in [5.74, 6) is -0.177. The van der Waals surface area contributed by atoms with E-state index in [1.54, 1.807) is 12.1 Å². The SMILES string of the molecule is C=C(N)c1c(-c2ccc(N)cc2)nsc1NC(=O)N1CCCC1=O. The molecule has 0 bridgehead atoms. The van der Waals surface area contributed by atoms with Crippen LogP contribution >= 0.6 is 11.5 Å². The molecule has 0 aliphatic carbocycles. The molecule has 2 heterocycles. The van der Waals surface area contributed by atoms with Crippen molar-refractivity contribution in [2.45, 2.75) is 12.8 Å². The molecule has 0 spiro atoms. The maximum absolute atomic E-state index is 12.3. The predicted octanol–water partition coefficient (Wildman–Crippen LogP) is 2.48. The largest absolute Gasteiger partial charge is 0.399 e. The molecule has 2 aromatic rings. The zero-order valence-corrected chi connectivity index (χ0v) is 13.7. The number of urea groups is 1. The molecule has 8 heteroatoms. The minimum atomic E-state index is -0.465. The third-order valence-electron chi connectivity index (χ3n) is 3.74. The molecule has 24 heavy (non-hydrogen) atoms. The molecule has 0 radical (unpaired) electrons. The Kier molecular flexibility index (Phi) is 4.22. The number of aromatic nitrogens is 1. The molecule has 0 atom stereocenters. The number of hydrogen-bond acceptors (Lipinski definition) is 6. The highest BCUT2D eigenvalue weighted by Crippen LogP contribution is 2.35. The van der Waals surface area contributed by atoms with E-state index >= 15 is 0 Å². The van der Waals surface area contributed by atoms with Crippen LogP contribution in [0, 0.1) is 0 Å². The third-order valence-corrected chi connectivity index (χ3v) is 4.50. The fourth-order valence-corrected chi connectivity index (χ4v) is 3.37. The van der Waals surface area contributed by atoms with Gasteiger partial charge in [0.05, 0.1) is 11.3 Å². The first-order chi connectivity index (χ1) is 11.5. The third kappa shape index (κ3) is 2.95. The molecule has 0 saturated carbocycles. The van der Waals surface area contributed by atoms with E-state index in [1.165, 1.54) is 4.90 Å². The first-order valence-electron chi connectivity index (χ1n) is 7.39. The van der Waals surface area contributed by atoms with Crippen LogP contribution < -0.4 is 16.8 Å². The number of likely N-dealkylation sites (tertiary alicyclic amines) is 1. The zero-order valence-electron chi connectivity index (χ0n) is 12.9. The van der Waals surface area contributed by atoms with Crippen molar-refractivity contribution >= 4 is 39.9 Å². The van der Waals surface area contributed by atoms with Gasteiger partial charge in [-0.1, -0.05) is 18.7 Å². The second-order valence-corrected chi connectivity index (χ2v) is 6.24. The molecule has 3 amide bonds. The van der Waals surface area contributed by atoms with E-state index in [9.17, 15) is 9.59 Å². The summed E-state index contributed by atoms with van der Waals surface area (Å²) in [6, 6.07) is 6.71. The number of nitrogen functional groups attached to an aromatic ring is 1. The van der Waals surface area contributed by atoms with Crippen molar-refractivity contribution in [2.24, 2.45) is 5.73 Å². The summed E-state index contributed by atoms with van der Waals surface area (Å²) in [6.07, 6.45) is 1.07. The molecule has 1 aliphatic heterocycles. The Labute approximate surface area is 143 Å². The normalized spacial score (nSPS) is 14.0. The van der Waals surface area contributed by atoms with E-state index in [0.29, 0.717) is 47.0 Å². The van der Waals surface area contributed by atoms with Crippen LogP contribution in [0.15, 0.2) is 30.8 Å². The van der Waals surface area contributed by atoms with Gasteiger partial charge < -0.3 is 11.5 Å². The van der Waals surface area contributed by atoms with Gasteiger partial charge in [0, 0.05) is 29.9 Å². The van der Waals surface area contributed by atoms with E-state index < -0.39 is 6.03 Å². The molecule has 1 aromatic carbocycles. The lowest BCUT2D eigenvalue weighted by Gasteiger charge is -2.14. The second kappa shape index (κ2) is 6.32. The molecule has 1 saturated heterocycles. The molecule has 1 fully saturated rings. The van der Waals surface area contributed by atoms with Crippen LogP contribution in [0.5, 0.6) is 0 Å². The quantitative estimate of drug-likeness (QED) is 0.741. The average Bonchev–Trinajstić information content (AvgIpc) is 3.14. The van der Waals surface area contributed by atoms with Crippen molar-refractivity contribution < 1.29 is 9.59 Å². The van der Waals surface area contributed by atoms with Crippen LogP contribution in [0.25, 0.3) is 17.0 Å². The Balaban J connectivity index is 1.91. The Bertz CT molecular complexity index is 812. The minimum absolute atomic E-state index is 0.177. The summed E-state index contributed by atoms with van der Waals surface area (Å²) in [7, 11) is 0. The van der Waals surface area contributed by atoms with Crippen LogP contribution in [0.2, 0.25) is 0 Å². The van der Waals surface area contributed by atoms with Crippen LogP contribution in [0.3, 0.4) is 0 Å². The predicted molar refractivity (Wildman–Crippen MR) is 95.1 cm³/mol. The van der Waals surface area contributed by atoms with E-state index in [0.717, 1.165) is 17.1 Å². The number of anilines is 2.